The first-order valence-electron chi connectivity index (χ1n) is 9.16. The van der Waals surface area contributed by atoms with Crippen LogP contribution in [0.25, 0.3) is 0 Å². The molecule has 5 nitrogen and oxygen atoms in total. The van der Waals surface area contributed by atoms with Crippen LogP contribution in [0.15, 0.2) is 24.3 Å². The summed E-state index contributed by atoms with van der Waals surface area (Å²) < 4.78 is 28.7. The second-order valence-corrected chi connectivity index (χ2v) is 9.65. The van der Waals surface area contributed by atoms with Crippen molar-refractivity contribution >= 4 is 16.0 Å². The Labute approximate surface area is 150 Å². The highest BCUT2D eigenvalue weighted by molar-refractivity contribution is 7.87. The van der Waals surface area contributed by atoms with Gasteiger partial charge in [-0.2, -0.15) is 8.42 Å². The van der Waals surface area contributed by atoms with Gasteiger partial charge in [-0.05, 0) is 63.1 Å². The molecule has 0 radical (unpaired) electrons. The van der Waals surface area contributed by atoms with Gasteiger partial charge in [0.05, 0.1) is 5.25 Å². The summed E-state index contributed by atoms with van der Waals surface area (Å²) in [6.07, 6.45) is 5.62. The van der Waals surface area contributed by atoms with Crippen LogP contribution in [0.4, 0.5) is 0 Å². The lowest BCUT2D eigenvalue weighted by Crippen LogP contribution is -2.39. The van der Waals surface area contributed by atoms with Crippen LogP contribution in [0.2, 0.25) is 0 Å². The molecular formula is C19H27NO4S. The SMILES string of the molecule is CC(C)S(=O)(=O)Oc1ccc(CN(CC2CC2)C(=O)C2CCC2)cc1. The molecule has 0 bridgehead atoms. The minimum absolute atomic E-state index is 0.206. The van der Waals surface area contributed by atoms with Crippen molar-refractivity contribution < 1.29 is 17.4 Å². The van der Waals surface area contributed by atoms with Gasteiger partial charge in [0, 0.05) is 19.0 Å². The molecule has 1 amide bonds. The summed E-state index contributed by atoms with van der Waals surface area (Å²) in [5.41, 5.74) is 1.00. The molecule has 2 aliphatic carbocycles. The predicted molar refractivity (Wildman–Crippen MR) is 96.6 cm³/mol. The number of hydrogen-bond acceptors (Lipinski definition) is 4. The topological polar surface area (TPSA) is 63.7 Å². The number of amides is 1. The molecule has 3 rings (SSSR count). The highest BCUT2D eigenvalue weighted by Gasteiger charge is 2.33. The smallest absolute Gasteiger partial charge is 0.311 e. The molecule has 6 heteroatoms. The van der Waals surface area contributed by atoms with Crippen molar-refractivity contribution in [3.05, 3.63) is 29.8 Å². The molecule has 2 aliphatic rings. The van der Waals surface area contributed by atoms with Gasteiger partial charge in [-0.3, -0.25) is 4.79 Å². The van der Waals surface area contributed by atoms with E-state index in [1.807, 2.05) is 17.0 Å². The van der Waals surface area contributed by atoms with E-state index in [1.54, 1.807) is 26.0 Å². The Kier molecular flexibility index (Phi) is 5.37. The molecule has 0 aromatic heterocycles. The van der Waals surface area contributed by atoms with Gasteiger partial charge in [0.2, 0.25) is 5.91 Å². The highest BCUT2D eigenvalue weighted by Crippen LogP contribution is 2.33. The molecule has 1 aromatic rings. The standard InChI is InChI=1S/C19H27NO4S/c1-14(2)25(22,23)24-18-10-8-16(9-11-18)13-20(12-15-6-7-15)19(21)17-4-3-5-17/h8-11,14-15,17H,3-7,12-13H2,1-2H3. The average Bonchev–Trinajstić information content (AvgIpc) is 3.30. The van der Waals surface area contributed by atoms with Crippen LogP contribution in [0.3, 0.4) is 0 Å². The normalized spacial score (nSPS) is 18.0. The van der Waals surface area contributed by atoms with Gasteiger partial charge in [0.15, 0.2) is 0 Å². The summed E-state index contributed by atoms with van der Waals surface area (Å²) in [6.45, 7) is 4.61. The van der Waals surface area contributed by atoms with Crippen LogP contribution < -0.4 is 4.18 Å². The van der Waals surface area contributed by atoms with Crippen LogP contribution in [0.1, 0.15) is 51.5 Å². The highest BCUT2D eigenvalue weighted by atomic mass is 32.2. The van der Waals surface area contributed by atoms with Crippen LogP contribution in [0.5, 0.6) is 5.75 Å². The van der Waals surface area contributed by atoms with E-state index in [1.165, 1.54) is 12.8 Å². The molecule has 1 aromatic carbocycles. The van der Waals surface area contributed by atoms with Gasteiger partial charge >= 0.3 is 10.1 Å². The molecular weight excluding hydrogens is 338 g/mol. The quantitative estimate of drug-likeness (QED) is 0.663. The Morgan fingerprint density at radius 3 is 2.28 bits per heavy atom. The fourth-order valence-electron chi connectivity index (χ4n) is 2.86. The summed E-state index contributed by atoms with van der Waals surface area (Å²) in [5, 5.41) is -0.582. The predicted octanol–water partition coefficient (Wildman–Crippen LogP) is 3.34. The van der Waals surface area contributed by atoms with E-state index in [4.69, 9.17) is 4.18 Å². The number of benzene rings is 1. The van der Waals surface area contributed by atoms with Crippen LogP contribution >= 0.6 is 0 Å². The second kappa shape index (κ2) is 7.36. The van der Waals surface area contributed by atoms with Crippen molar-refractivity contribution in [3.63, 3.8) is 0 Å². The van der Waals surface area contributed by atoms with Crippen LogP contribution in [-0.2, 0) is 21.5 Å². The third-order valence-electron chi connectivity index (χ3n) is 5.03. The summed E-state index contributed by atoms with van der Waals surface area (Å²) in [5.74, 6) is 1.46. The van der Waals surface area contributed by atoms with Crippen molar-refractivity contribution in [2.45, 2.75) is 57.7 Å². The number of carbonyl (C=O) groups is 1. The van der Waals surface area contributed by atoms with Crippen molar-refractivity contribution in [1.82, 2.24) is 4.90 Å². The number of nitrogens with zero attached hydrogens (tertiary/aromatic N) is 1. The van der Waals surface area contributed by atoms with Gasteiger partial charge in [0.1, 0.15) is 5.75 Å². The van der Waals surface area contributed by atoms with Gasteiger partial charge in [-0.1, -0.05) is 18.6 Å². The van der Waals surface area contributed by atoms with Crippen molar-refractivity contribution in [3.8, 4) is 5.75 Å². The lowest BCUT2D eigenvalue weighted by Gasteiger charge is -2.32. The Morgan fingerprint density at radius 1 is 1.16 bits per heavy atom. The largest absolute Gasteiger partial charge is 0.382 e. The van der Waals surface area contributed by atoms with Crippen molar-refractivity contribution in [2.24, 2.45) is 11.8 Å². The lowest BCUT2D eigenvalue weighted by molar-refractivity contribution is -0.139. The van der Waals surface area contributed by atoms with Gasteiger partial charge in [-0.15, -0.1) is 0 Å². The molecule has 2 fully saturated rings. The summed E-state index contributed by atoms with van der Waals surface area (Å²) in [4.78, 5) is 14.6. The van der Waals surface area contributed by atoms with Crippen LogP contribution in [-0.4, -0.2) is 31.0 Å². The maximum absolute atomic E-state index is 12.6. The number of carbonyl (C=O) groups excluding carboxylic acids is 1. The van der Waals surface area contributed by atoms with E-state index in [2.05, 4.69) is 0 Å². The van der Waals surface area contributed by atoms with E-state index in [0.29, 0.717) is 18.2 Å². The molecule has 2 saturated carbocycles. The van der Waals surface area contributed by atoms with Gasteiger partial charge in [-0.25, -0.2) is 0 Å². The maximum Gasteiger partial charge on any atom is 0.311 e. The monoisotopic (exact) mass is 365 g/mol. The maximum atomic E-state index is 12.6. The summed E-state index contributed by atoms with van der Waals surface area (Å²) in [7, 11) is -3.58. The third kappa shape index (κ3) is 4.75. The first-order chi connectivity index (χ1) is 11.8. The molecule has 0 N–H and O–H groups in total. The first kappa shape index (κ1) is 18.2. The number of hydrogen-bond donors (Lipinski definition) is 0. The summed E-state index contributed by atoms with van der Waals surface area (Å²) in [6, 6.07) is 7.02. The first-order valence-corrected chi connectivity index (χ1v) is 10.6. The van der Waals surface area contributed by atoms with Crippen molar-refractivity contribution in [1.29, 1.82) is 0 Å². The van der Waals surface area contributed by atoms with E-state index < -0.39 is 15.4 Å². The van der Waals surface area contributed by atoms with E-state index >= 15 is 0 Å². The molecule has 0 saturated heterocycles. The van der Waals surface area contributed by atoms with Gasteiger partial charge in [0.25, 0.3) is 0 Å². The Hall–Kier alpha value is -1.56. The van der Waals surface area contributed by atoms with Crippen molar-refractivity contribution in [2.75, 3.05) is 6.54 Å². The zero-order valence-corrected chi connectivity index (χ0v) is 15.8. The molecule has 0 heterocycles. The fraction of sp³-hybridized carbons (Fsp3) is 0.632. The molecule has 0 atom stereocenters. The third-order valence-corrected chi connectivity index (χ3v) is 6.61. The average molecular weight is 365 g/mol. The molecule has 138 valence electrons. The zero-order chi connectivity index (χ0) is 18.0. The van der Waals surface area contributed by atoms with Crippen LogP contribution in [0, 0.1) is 11.8 Å². The Bertz CT molecular complexity index is 703. The van der Waals surface area contributed by atoms with Gasteiger partial charge < -0.3 is 9.08 Å². The number of rotatable bonds is 8. The second-order valence-electron chi connectivity index (χ2n) is 7.56. The molecule has 0 spiro atoms. The minimum Gasteiger partial charge on any atom is -0.382 e. The fourth-order valence-corrected chi connectivity index (χ4v) is 3.43. The van der Waals surface area contributed by atoms with E-state index in [-0.39, 0.29) is 11.8 Å². The molecule has 0 aliphatic heterocycles. The zero-order valence-electron chi connectivity index (χ0n) is 15.0. The van der Waals surface area contributed by atoms with E-state index in [9.17, 15) is 13.2 Å². The van der Waals surface area contributed by atoms with E-state index in [0.717, 1.165) is 31.4 Å². The lowest BCUT2D eigenvalue weighted by atomic mass is 9.84. The molecule has 25 heavy (non-hydrogen) atoms. The Balaban J connectivity index is 1.64. The Morgan fingerprint density at radius 2 is 1.80 bits per heavy atom. The summed E-state index contributed by atoms with van der Waals surface area (Å²) >= 11 is 0. The minimum atomic E-state index is -3.58. The molecule has 0 unspecified atom stereocenters.